The van der Waals surface area contributed by atoms with Crippen LogP contribution in [0.2, 0.25) is 0 Å². The van der Waals surface area contributed by atoms with Crippen LogP contribution in [0.3, 0.4) is 0 Å². The number of methoxy groups -OCH3 is 1. The first-order valence-corrected chi connectivity index (χ1v) is 11.3. The lowest BCUT2D eigenvalue weighted by Gasteiger charge is -2.57. The summed E-state index contributed by atoms with van der Waals surface area (Å²) in [5, 5.41) is 0. The van der Waals surface area contributed by atoms with Gasteiger partial charge in [0.1, 0.15) is 0 Å². The van der Waals surface area contributed by atoms with E-state index in [-0.39, 0.29) is 5.97 Å². The Morgan fingerprint density at radius 2 is 2.00 bits per heavy atom. The fourth-order valence-corrected chi connectivity index (χ4v) is 7.79. The van der Waals surface area contributed by atoms with Gasteiger partial charge in [0.05, 0.1) is 7.11 Å². The van der Waals surface area contributed by atoms with Crippen molar-refractivity contribution in [2.24, 2.45) is 46.3 Å². The molecule has 2 heteroatoms. The molecule has 4 aliphatic carbocycles. The van der Waals surface area contributed by atoms with E-state index in [4.69, 9.17) is 4.74 Å². The van der Waals surface area contributed by atoms with E-state index >= 15 is 0 Å². The van der Waals surface area contributed by atoms with Gasteiger partial charge in [-0.3, -0.25) is 4.79 Å². The third-order valence-electron chi connectivity index (χ3n) is 9.38. The van der Waals surface area contributed by atoms with E-state index in [1.807, 2.05) is 0 Å². The molecule has 2 fully saturated rings. The van der Waals surface area contributed by atoms with E-state index in [9.17, 15) is 4.79 Å². The van der Waals surface area contributed by atoms with Crippen LogP contribution < -0.4 is 0 Å². The number of fused-ring (bicyclic) bond motifs is 5. The smallest absolute Gasteiger partial charge is 0.305 e. The van der Waals surface area contributed by atoms with E-state index in [2.05, 4.69) is 45.1 Å². The van der Waals surface area contributed by atoms with Crippen LogP contribution in [-0.2, 0) is 9.53 Å². The molecule has 0 aromatic carbocycles. The summed E-state index contributed by atoms with van der Waals surface area (Å²) in [5.41, 5.74) is 0.800. The third-order valence-corrected chi connectivity index (χ3v) is 9.38. The normalized spacial score (nSPS) is 46.3. The summed E-state index contributed by atoms with van der Waals surface area (Å²) < 4.78 is 4.87. The Labute approximate surface area is 165 Å². The molecule has 0 aromatic rings. The van der Waals surface area contributed by atoms with Crippen molar-refractivity contribution in [1.82, 2.24) is 0 Å². The Morgan fingerprint density at radius 1 is 1.19 bits per heavy atom. The average molecular weight is 371 g/mol. The second kappa shape index (κ2) is 7.08. The monoisotopic (exact) mass is 370 g/mol. The van der Waals surface area contributed by atoms with Crippen molar-refractivity contribution in [3.63, 3.8) is 0 Å². The largest absolute Gasteiger partial charge is 0.469 e. The molecule has 0 spiro atoms. The van der Waals surface area contributed by atoms with Crippen LogP contribution in [0, 0.1) is 46.3 Å². The maximum Gasteiger partial charge on any atom is 0.305 e. The molecule has 2 saturated carbocycles. The predicted octanol–water partition coefficient (Wildman–Crippen LogP) is 6.18. The molecule has 0 radical (unpaired) electrons. The lowest BCUT2D eigenvalue weighted by atomic mass is 9.47. The molecule has 4 aliphatic rings. The highest BCUT2D eigenvalue weighted by atomic mass is 16.5. The van der Waals surface area contributed by atoms with E-state index < -0.39 is 0 Å². The van der Waals surface area contributed by atoms with Gasteiger partial charge in [0, 0.05) is 6.42 Å². The van der Waals surface area contributed by atoms with Crippen LogP contribution in [0.4, 0.5) is 0 Å². The standard InChI is InChI=1S/C25H38O2/c1-17(8-13-23(26)27-4)20-11-12-21-19-10-9-18-7-5-6-15-24(18,2)22(19)14-16-25(20,21)3/h5,7,14,16-22H,6,8-13,15H2,1-4H3. The number of rotatable bonds is 4. The highest BCUT2D eigenvalue weighted by Gasteiger charge is 2.57. The number of carbonyl (C=O) groups is 1. The Hall–Kier alpha value is -1.05. The van der Waals surface area contributed by atoms with Gasteiger partial charge in [0.25, 0.3) is 0 Å². The van der Waals surface area contributed by atoms with Gasteiger partial charge in [0.15, 0.2) is 0 Å². The molecule has 0 aromatic heterocycles. The minimum absolute atomic E-state index is 0.0580. The third kappa shape index (κ3) is 3.02. The Kier molecular flexibility index (Phi) is 5.06. The van der Waals surface area contributed by atoms with Crippen LogP contribution in [0.1, 0.15) is 72.1 Å². The molecular formula is C25H38O2. The summed E-state index contributed by atoms with van der Waals surface area (Å²) in [5.74, 6) is 4.50. The summed E-state index contributed by atoms with van der Waals surface area (Å²) in [7, 11) is 1.50. The van der Waals surface area contributed by atoms with Gasteiger partial charge >= 0.3 is 5.97 Å². The number of carbonyl (C=O) groups excluding carboxylic acids is 1. The van der Waals surface area contributed by atoms with Crippen molar-refractivity contribution in [3.8, 4) is 0 Å². The van der Waals surface area contributed by atoms with Gasteiger partial charge in [-0.25, -0.2) is 0 Å². The number of ether oxygens (including phenoxy) is 1. The lowest BCUT2D eigenvalue weighted by molar-refractivity contribution is -0.141. The maximum absolute atomic E-state index is 11.6. The second-order valence-electron chi connectivity index (χ2n) is 10.5. The minimum Gasteiger partial charge on any atom is -0.469 e. The van der Waals surface area contributed by atoms with Gasteiger partial charge in [-0.2, -0.15) is 0 Å². The first-order chi connectivity index (χ1) is 12.9. The highest BCUT2D eigenvalue weighted by molar-refractivity contribution is 5.69. The van der Waals surface area contributed by atoms with Crippen molar-refractivity contribution in [2.75, 3.05) is 7.11 Å². The Morgan fingerprint density at radius 3 is 2.78 bits per heavy atom. The lowest BCUT2D eigenvalue weighted by Crippen LogP contribution is -2.50. The molecule has 0 bridgehead atoms. The van der Waals surface area contributed by atoms with Crippen LogP contribution >= 0.6 is 0 Å². The summed E-state index contributed by atoms with van der Waals surface area (Å²) in [6, 6.07) is 0. The van der Waals surface area contributed by atoms with Crippen LogP contribution in [-0.4, -0.2) is 13.1 Å². The summed E-state index contributed by atoms with van der Waals surface area (Å²) in [6.07, 6.45) is 19.9. The number of hydrogen-bond donors (Lipinski definition) is 0. The van der Waals surface area contributed by atoms with Crippen LogP contribution in [0.15, 0.2) is 24.3 Å². The highest BCUT2D eigenvalue weighted by Crippen LogP contribution is 2.65. The first kappa shape index (κ1) is 19.3. The van der Waals surface area contributed by atoms with Crippen molar-refractivity contribution >= 4 is 5.97 Å². The molecular weight excluding hydrogens is 332 g/mol. The quantitative estimate of drug-likeness (QED) is 0.436. The first-order valence-electron chi connectivity index (χ1n) is 11.3. The summed E-state index contributed by atoms with van der Waals surface area (Å²) in [6.45, 7) is 7.48. The molecule has 0 heterocycles. The van der Waals surface area contributed by atoms with E-state index in [1.54, 1.807) is 0 Å². The molecule has 0 saturated heterocycles. The maximum atomic E-state index is 11.6. The number of allylic oxidation sites excluding steroid dienone is 4. The van der Waals surface area contributed by atoms with Gasteiger partial charge in [-0.1, -0.05) is 45.1 Å². The van der Waals surface area contributed by atoms with Gasteiger partial charge in [0.2, 0.25) is 0 Å². The van der Waals surface area contributed by atoms with E-state index in [0.717, 1.165) is 30.1 Å². The molecule has 2 nitrogen and oxygen atoms in total. The minimum atomic E-state index is -0.0580. The van der Waals surface area contributed by atoms with Crippen molar-refractivity contribution in [3.05, 3.63) is 24.3 Å². The van der Waals surface area contributed by atoms with E-state index in [0.29, 0.717) is 29.1 Å². The SMILES string of the molecule is COC(=O)CCC(C)C1CCC2C3CCC4C=CCCC4(C)C3C=CC12C. The molecule has 0 amide bonds. The molecule has 4 rings (SSSR count). The zero-order chi connectivity index (χ0) is 19.2. The molecule has 150 valence electrons. The zero-order valence-corrected chi connectivity index (χ0v) is 17.7. The molecule has 8 unspecified atom stereocenters. The van der Waals surface area contributed by atoms with Gasteiger partial charge in [-0.05, 0) is 91.3 Å². The summed E-state index contributed by atoms with van der Waals surface area (Å²) >= 11 is 0. The molecule has 8 atom stereocenters. The summed E-state index contributed by atoms with van der Waals surface area (Å²) in [4.78, 5) is 11.6. The Bertz CT molecular complexity index is 634. The van der Waals surface area contributed by atoms with E-state index in [1.165, 1.54) is 45.6 Å². The number of esters is 1. The fraction of sp³-hybridized carbons (Fsp3) is 0.800. The fourth-order valence-electron chi connectivity index (χ4n) is 7.79. The topological polar surface area (TPSA) is 26.3 Å². The number of hydrogen-bond acceptors (Lipinski definition) is 2. The zero-order valence-electron chi connectivity index (χ0n) is 17.7. The van der Waals surface area contributed by atoms with Crippen molar-refractivity contribution in [1.29, 1.82) is 0 Å². The van der Waals surface area contributed by atoms with Crippen LogP contribution in [0.5, 0.6) is 0 Å². The van der Waals surface area contributed by atoms with Gasteiger partial charge in [-0.15, -0.1) is 0 Å². The average Bonchev–Trinajstić information content (AvgIpc) is 3.02. The van der Waals surface area contributed by atoms with Crippen molar-refractivity contribution in [2.45, 2.75) is 72.1 Å². The second-order valence-corrected chi connectivity index (χ2v) is 10.5. The predicted molar refractivity (Wildman–Crippen MR) is 110 cm³/mol. The van der Waals surface area contributed by atoms with Crippen molar-refractivity contribution < 1.29 is 9.53 Å². The Balaban J connectivity index is 1.55. The van der Waals surface area contributed by atoms with Crippen LogP contribution in [0.25, 0.3) is 0 Å². The van der Waals surface area contributed by atoms with Gasteiger partial charge < -0.3 is 4.74 Å². The molecule has 0 N–H and O–H groups in total. The molecule has 27 heavy (non-hydrogen) atoms. The molecule has 0 aliphatic heterocycles.